The van der Waals surface area contributed by atoms with Crippen molar-refractivity contribution >= 4 is 6.16 Å². The Bertz CT molecular complexity index is 517. The van der Waals surface area contributed by atoms with E-state index in [-0.39, 0.29) is 12.8 Å². The number of carboxylic acid groups (broad SMARTS) is 1. The molecule has 3 atom stereocenters. The average molecular weight is 342 g/mol. The van der Waals surface area contributed by atoms with E-state index in [0.717, 1.165) is 6.42 Å². The molecule has 0 aliphatic heterocycles. The molecule has 1 N–H and O–H groups in total. The lowest BCUT2D eigenvalue weighted by atomic mass is 9.74. The topological polar surface area (TPSA) is 46.5 Å². The Kier molecular flexibility index (Phi) is 6.58. The standard InChI is InChI=1S/C15H19F5O3/c1-3-5-6-7-8(4-2)15(23-14(21)22)12(19)10(17)9(16)11(18)13(15)20/h8,12H,3-7H2,1-2H3,(H,21,22). The molecule has 0 aromatic carbocycles. The van der Waals surface area contributed by atoms with E-state index in [1.165, 1.54) is 6.92 Å². The third kappa shape index (κ3) is 3.50. The van der Waals surface area contributed by atoms with Gasteiger partial charge in [-0.3, -0.25) is 0 Å². The summed E-state index contributed by atoms with van der Waals surface area (Å²) in [4.78, 5) is 10.9. The fraction of sp³-hybridized carbons (Fsp3) is 0.667. The van der Waals surface area contributed by atoms with E-state index in [4.69, 9.17) is 5.11 Å². The summed E-state index contributed by atoms with van der Waals surface area (Å²) in [6, 6.07) is 0. The van der Waals surface area contributed by atoms with Crippen LogP contribution in [0.2, 0.25) is 0 Å². The zero-order chi connectivity index (χ0) is 17.8. The van der Waals surface area contributed by atoms with Crippen LogP contribution in [0.25, 0.3) is 0 Å². The van der Waals surface area contributed by atoms with E-state index < -0.39 is 47.2 Å². The quantitative estimate of drug-likeness (QED) is 0.368. The first-order chi connectivity index (χ1) is 10.7. The van der Waals surface area contributed by atoms with Gasteiger partial charge in [0.05, 0.1) is 0 Å². The van der Waals surface area contributed by atoms with E-state index in [1.807, 2.05) is 6.92 Å². The second-order valence-corrected chi connectivity index (χ2v) is 5.41. The van der Waals surface area contributed by atoms with Crippen LogP contribution in [0.15, 0.2) is 23.3 Å². The molecule has 0 bridgehead atoms. The van der Waals surface area contributed by atoms with Gasteiger partial charge in [-0.05, 0) is 12.8 Å². The fourth-order valence-corrected chi connectivity index (χ4v) is 2.86. The van der Waals surface area contributed by atoms with Crippen LogP contribution in [-0.2, 0) is 4.74 Å². The molecule has 3 unspecified atom stereocenters. The molecule has 1 rings (SSSR count). The van der Waals surface area contributed by atoms with Gasteiger partial charge in [0.25, 0.3) is 0 Å². The van der Waals surface area contributed by atoms with Crippen molar-refractivity contribution in [1.29, 1.82) is 0 Å². The summed E-state index contributed by atoms with van der Waals surface area (Å²) in [6.45, 7) is 3.36. The Labute approximate surface area is 130 Å². The minimum atomic E-state index is -3.08. The minimum Gasteiger partial charge on any atom is -0.450 e. The number of allylic oxidation sites excluding steroid dienone is 2. The first-order valence-electron chi connectivity index (χ1n) is 7.41. The van der Waals surface area contributed by atoms with Crippen LogP contribution < -0.4 is 0 Å². The van der Waals surface area contributed by atoms with Gasteiger partial charge in [-0.2, -0.15) is 0 Å². The van der Waals surface area contributed by atoms with E-state index in [1.54, 1.807) is 0 Å². The maximum absolute atomic E-state index is 14.4. The Hall–Kier alpha value is -1.60. The van der Waals surface area contributed by atoms with Crippen molar-refractivity contribution in [2.75, 3.05) is 0 Å². The lowest BCUT2D eigenvalue weighted by Crippen LogP contribution is -2.53. The molecular weight excluding hydrogens is 323 g/mol. The fourth-order valence-electron chi connectivity index (χ4n) is 2.86. The lowest BCUT2D eigenvalue weighted by Gasteiger charge is -2.41. The molecule has 23 heavy (non-hydrogen) atoms. The summed E-state index contributed by atoms with van der Waals surface area (Å²) in [7, 11) is 0. The average Bonchev–Trinajstić information content (AvgIpc) is 2.52. The first kappa shape index (κ1) is 19.4. The van der Waals surface area contributed by atoms with Gasteiger partial charge in [-0.1, -0.05) is 33.1 Å². The summed E-state index contributed by atoms with van der Waals surface area (Å²) in [5.41, 5.74) is -3.04. The van der Waals surface area contributed by atoms with Crippen molar-refractivity contribution in [2.24, 2.45) is 5.92 Å². The molecule has 1 aliphatic carbocycles. The first-order valence-corrected chi connectivity index (χ1v) is 7.41. The van der Waals surface area contributed by atoms with Crippen molar-refractivity contribution in [1.82, 2.24) is 0 Å². The van der Waals surface area contributed by atoms with Crippen LogP contribution in [0.3, 0.4) is 0 Å². The van der Waals surface area contributed by atoms with E-state index in [0.29, 0.717) is 12.8 Å². The highest BCUT2D eigenvalue weighted by molar-refractivity contribution is 5.59. The predicted molar refractivity (Wildman–Crippen MR) is 73.1 cm³/mol. The molecule has 0 aromatic rings. The smallest absolute Gasteiger partial charge is 0.450 e. The van der Waals surface area contributed by atoms with Crippen LogP contribution in [0.5, 0.6) is 0 Å². The number of alkyl halides is 1. The molecule has 0 heterocycles. The van der Waals surface area contributed by atoms with Gasteiger partial charge in [-0.25, -0.2) is 26.7 Å². The van der Waals surface area contributed by atoms with Gasteiger partial charge >= 0.3 is 6.16 Å². The third-order valence-corrected chi connectivity index (χ3v) is 4.05. The van der Waals surface area contributed by atoms with Gasteiger partial charge in [0, 0.05) is 5.92 Å². The number of halogens is 5. The SMILES string of the molecule is CCCCCC(CC)C1(OC(=O)O)C(F)=C(F)C(F)=C(F)C1F. The van der Waals surface area contributed by atoms with Crippen molar-refractivity contribution < 1.29 is 36.6 Å². The van der Waals surface area contributed by atoms with Gasteiger partial charge in [0.2, 0.25) is 11.8 Å². The number of ether oxygens (including phenoxy) is 1. The summed E-state index contributed by atoms with van der Waals surface area (Å²) in [6.07, 6.45) is -3.20. The van der Waals surface area contributed by atoms with Crippen LogP contribution in [0.1, 0.15) is 46.0 Å². The Morgan fingerprint density at radius 3 is 2.30 bits per heavy atom. The van der Waals surface area contributed by atoms with Crippen molar-refractivity contribution in [3.63, 3.8) is 0 Å². The summed E-state index contributed by atoms with van der Waals surface area (Å²) < 4.78 is 73.5. The highest BCUT2D eigenvalue weighted by Crippen LogP contribution is 2.50. The molecule has 1 aliphatic rings. The molecule has 0 saturated heterocycles. The van der Waals surface area contributed by atoms with Crippen LogP contribution >= 0.6 is 0 Å². The minimum absolute atomic E-state index is 0.00693. The molecule has 0 fully saturated rings. The van der Waals surface area contributed by atoms with Crippen molar-refractivity contribution in [2.45, 2.75) is 57.7 Å². The largest absolute Gasteiger partial charge is 0.506 e. The molecule has 0 amide bonds. The molecule has 132 valence electrons. The molecule has 0 spiro atoms. The van der Waals surface area contributed by atoms with Gasteiger partial charge < -0.3 is 9.84 Å². The van der Waals surface area contributed by atoms with Gasteiger partial charge in [0.15, 0.2) is 23.3 Å². The third-order valence-electron chi connectivity index (χ3n) is 4.05. The molecular formula is C15H19F5O3. The predicted octanol–water partition coefficient (Wildman–Crippen LogP) is 5.68. The summed E-state index contributed by atoms with van der Waals surface area (Å²) in [5, 5.41) is 8.79. The number of carbonyl (C=O) groups is 1. The number of hydrogen-bond donors (Lipinski definition) is 1. The van der Waals surface area contributed by atoms with E-state index in [9.17, 15) is 26.7 Å². The zero-order valence-corrected chi connectivity index (χ0v) is 12.8. The normalized spacial score (nSPS) is 26.5. The van der Waals surface area contributed by atoms with Crippen LogP contribution in [0, 0.1) is 5.92 Å². The lowest BCUT2D eigenvalue weighted by molar-refractivity contribution is -0.0951. The Balaban J connectivity index is 3.39. The zero-order valence-electron chi connectivity index (χ0n) is 12.8. The highest BCUT2D eigenvalue weighted by atomic mass is 19.2. The van der Waals surface area contributed by atoms with Gasteiger partial charge in [-0.15, -0.1) is 0 Å². The molecule has 3 nitrogen and oxygen atoms in total. The number of rotatable bonds is 7. The van der Waals surface area contributed by atoms with Crippen LogP contribution in [-0.4, -0.2) is 23.0 Å². The maximum Gasteiger partial charge on any atom is 0.506 e. The number of unbranched alkanes of at least 4 members (excludes halogenated alkanes) is 2. The Morgan fingerprint density at radius 2 is 1.83 bits per heavy atom. The van der Waals surface area contributed by atoms with Gasteiger partial charge in [0.1, 0.15) is 0 Å². The molecule has 8 heteroatoms. The summed E-state index contributed by atoms with van der Waals surface area (Å²) >= 11 is 0. The van der Waals surface area contributed by atoms with Crippen molar-refractivity contribution in [3.8, 4) is 0 Å². The maximum atomic E-state index is 14.4. The van der Waals surface area contributed by atoms with Crippen molar-refractivity contribution in [3.05, 3.63) is 23.3 Å². The highest BCUT2D eigenvalue weighted by Gasteiger charge is 2.60. The van der Waals surface area contributed by atoms with E-state index >= 15 is 0 Å². The second-order valence-electron chi connectivity index (χ2n) is 5.41. The Morgan fingerprint density at radius 1 is 1.22 bits per heavy atom. The molecule has 0 aromatic heterocycles. The number of hydrogen-bond acceptors (Lipinski definition) is 2. The van der Waals surface area contributed by atoms with Crippen LogP contribution in [0.4, 0.5) is 26.7 Å². The summed E-state index contributed by atoms with van der Waals surface area (Å²) in [5.74, 6) is -9.99. The van der Waals surface area contributed by atoms with E-state index in [2.05, 4.69) is 4.74 Å². The second kappa shape index (κ2) is 7.79. The molecule has 0 saturated carbocycles. The molecule has 0 radical (unpaired) electrons. The monoisotopic (exact) mass is 342 g/mol.